The highest BCUT2D eigenvalue weighted by Crippen LogP contribution is 2.32. The number of furan rings is 1. The molecule has 0 aliphatic carbocycles. The Bertz CT molecular complexity index is 2060. The van der Waals surface area contributed by atoms with Gasteiger partial charge in [-0.2, -0.15) is 0 Å². The number of halogens is 1. The summed E-state index contributed by atoms with van der Waals surface area (Å²) in [5.41, 5.74) is 5.57. The van der Waals surface area contributed by atoms with Gasteiger partial charge in [0.2, 0.25) is 5.78 Å². The number of fused-ring (bicyclic) bond motifs is 1. The van der Waals surface area contributed by atoms with Crippen molar-refractivity contribution in [3.8, 4) is 28.1 Å². The number of aromatic nitrogens is 4. The average molecular weight is 620 g/mol. The Hall–Kier alpha value is -5.02. The van der Waals surface area contributed by atoms with Gasteiger partial charge < -0.3 is 18.6 Å². The Morgan fingerprint density at radius 1 is 0.957 bits per heavy atom. The van der Waals surface area contributed by atoms with Crippen LogP contribution in [0.15, 0.2) is 88.2 Å². The summed E-state index contributed by atoms with van der Waals surface area (Å²) in [6.07, 6.45) is 3.17. The first-order chi connectivity index (χ1) is 22.2. The molecule has 0 fully saturated rings. The zero-order valence-electron chi connectivity index (χ0n) is 26.9. The first kappa shape index (κ1) is 31.0. The van der Waals surface area contributed by atoms with Crippen molar-refractivity contribution in [1.29, 1.82) is 0 Å². The number of ether oxygens (including phenoxy) is 1. The van der Waals surface area contributed by atoms with Crippen LogP contribution < -0.4 is 10.3 Å². The molecule has 0 radical (unpaired) electrons. The lowest BCUT2D eigenvalue weighted by Gasteiger charge is -2.19. The lowest BCUT2D eigenvalue weighted by Crippen LogP contribution is -2.28. The number of methoxy groups -OCH3 is 1. The summed E-state index contributed by atoms with van der Waals surface area (Å²) < 4.78 is 30.2. The maximum absolute atomic E-state index is 15.1. The van der Waals surface area contributed by atoms with Gasteiger partial charge >= 0.3 is 0 Å². The van der Waals surface area contributed by atoms with Gasteiger partial charge in [0, 0.05) is 54.6 Å². The van der Waals surface area contributed by atoms with E-state index in [1.807, 2.05) is 86.1 Å². The maximum Gasteiger partial charge on any atom is 0.267 e. The Morgan fingerprint density at radius 3 is 2.46 bits per heavy atom. The highest BCUT2D eigenvalue weighted by atomic mass is 19.1. The summed E-state index contributed by atoms with van der Waals surface area (Å²) >= 11 is 0. The van der Waals surface area contributed by atoms with Gasteiger partial charge in [-0.3, -0.25) is 9.78 Å². The van der Waals surface area contributed by atoms with E-state index in [4.69, 9.17) is 14.1 Å². The summed E-state index contributed by atoms with van der Waals surface area (Å²) in [5.74, 6) is 2.27. The number of aryl methyl sites for hydroxylation is 2. The molecule has 0 aliphatic heterocycles. The highest BCUT2D eigenvalue weighted by molar-refractivity contribution is 5.72. The Balaban J connectivity index is 1.54. The van der Waals surface area contributed by atoms with Gasteiger partial charge in [-0.1, -0.05) is 36.4 Å². The monoisotopic (exact) mass is 619 g/mol. The molecule has 0 saturated heterocycles. The minimum atomic E-state index is -0.315. The Kier molecular flexibility index (Phi) is 8.85. The minimum absolute atomic E-state index is 0.187. The van der Waals surface area contributed by atoms with Gasteiger partial charge in [-0.15, -0.1) is 0 Å². The topological polar surface area (TPSA) is 77.8 Å². The second kappa shape index (κ2) is 13.1. The molecule has 0 bridgehead atoms. The van der Waals surface area contributed by atoms with Gasteiger partial charge in [0.25, 0.3) is 5.56 Å². The fourth-order valence-electron chi connectivity index (χ4n) is 6.06. The van der Waals surface area contributed by atoms with Crippen molar-refractivity contribution < 1.29 is 13.5 Å². The van der Waals surface area contributed by atoms with E-state index >= 15 is 4.39 Å². The molecule has 0 atom stereocenters. The Labute approximate surface area is 267 Å². The molecule has 6 rings (SSSR count). The van der Waals surface area contributed by atoms with Crippen LogP contribution in [0.4, 0.5) is 4.39 Å². The van der Waals surface area contributed by atoms with Crippen molar-refractivity contribution in [2.24, 2.45) is 0 Å². The van der Waals surface area contributed by atoms with Crippen LogP contribution in [-0.2, 0) is 19.4 Å². The first-order valence-electron chi connectivity index (χ1n) is 15.4. The number of pyridine rings is 1. The minimum Gasteiger partial charge on any atom is -0.497 e. The fraction of sp³-hybridized carbons (Fsp3) is 0.270. The lowest BCUT2D eigenvalue weighted by molar-refractivity contribution is 0.340. The summed E-state index contributed by atoms with van der Waals surface area (Å²) in [6.45, 7) is 7.39. The van der Waals surface area contributed by atoms with Crippen molar-refractivity contribution in [2.45, 2.75) is 40.2 Å². The van der Waals surface area contributed by atoms with E-state index < -0.39 is 0 Å². The third-order valence-electron chi connectivity index (χ3n) is 8.53. The number of hydrogen-bond acceptors (Lipinski definition) is 6. The predicted molar refractivity (Wildman–Crippen MR) is 178 cm³/mol. The van der Waals surface area contributed by atoms with Crippen LogP contribution in [0.5, 0.6) is 5.75 Å². The van der Waals surface area contributed by atoms with Gasteiger partial charge in [-0.25, -0.2) is 13.8 Å². The van der Waals surface area contributed by atoms with E-state index in [1.165, 1.54) is 6.07 Å². The molecule has 236 valence electrons. The quantitative estimate of drug-likeness (QED) is 0.162. The summed E-state index contributed by atoms with van der Waals surface area (Å²) in [6, 6.07) is 22.1. The molecule has 0 unspecified atom stereocenters. The van der Waals surface area contributed by atoms with Crippen LogP contribution >= 0.6 is 0 Å². The van der Waals surface area contributed by atoms with E-state index in [9.17, 15) is 4.79 Å². The number of benzene rings is 2. The first-order valence-corrected chi connectivity index (χ1v) is 15.4. The summed E-state index contributed by atoms with van der Waals surface area (Å²) in [7, 11) is 3.67. The van der Waals surface area contributed by atoms with Gasteiger partial charge in [-0.05, 0) is 69.8 Å². The Morgan fingerprint density at radius 2 is 1.74 bits per heavy atom. The molecular weight excluding hydrogens is 581 g/mol. The number of rotatable bonds is 11. The average Bonchev–Trinajstić information content (AvgIpc) is 3.61. The molecular formula is C37H38FN5O3. The van der Waals surface area contributed by atoms with Crippen LogP contribution in [0.1, 0.15) is 34.2 Å². The van der Waals surface area contributed by atoms with Crippen LogP contribution in [0.3, 0.4) is 0 Å². The van der Waals surface area contributed by atoms with E-state index in [2.05, 4.69) is 16.9 Å². The van der Waals surface area contributed by atoms with E-state index in [-0.39, 0.29) is 17.9 Å². The second-order valence-corrected chi connectivity index (χ2v) is 11.7. The van der Waals surface area contributed by atoms with Crippen molar-refractivity contribution in [1.82, 2.24) is 23.8 Å². The van der Waals surface area contributed by atoms with E-state index in [0.717, 1.165) is 47.0 Å². The maximum atomic E-state index is 15.1. The predicted octanol–water partition coefficient (Wildman–Crippen LogP) is 6.66. The van der Waals surface area contributed by atoms with Gasteiger partial charge in [0.1, 0.15) is 23.1 Å². The zero-order chi connectivity index (χ0) is 32.4. The molecule has 46 heavy (non-hydrogen) atoms. The van der Waals surface area contributed by atoms with Crippen molar-refractivity contribution in [3.63, 3.8) is 0 Å². The number of imidazole rings is 1. The zero-order valence-corrected chi connectivity index (χ0v) is 26.9. The SMILES string of the molecule is COc1cccc(-c2c(C)n(Cc3ccccc3F)c3nc(-c4cc(C)oc4C)c(CCN(C)CCc4ccccn4)n3c2=O)c1. The molecule has 4 aromatic heterocycles. The largest absolute Gasteiger partial charge is 0.497 e. The lowest BCUT2D eigenvalue weighted by atomic mass is 10.0. The van der Waals surface area contributed by atoms with Crippen molar-refractivity contribution in [3.05, 3.63) is 129 Å². The second-order valence-electron chi connectivity index (χ2n) is 11.7. The molecule has 9 heteroatoms. The van der Waals surface area contributed by atoms with Gasteiger partial charge in [0.05, 0.1) is 30.6 Å². The molecule has 0 aliphatic rings. The molecule has 0 amide bonds. The standard InChI is InChI=1S/C37H38FN5O3/c1-24-21-31(26(3)46-24)35-33(17-20-41(4)19-16-29-13-8-9-18-39-29)43-36(44)34(27-12-10-14-30(22-27)45-5)25(2)42(37(43)40-35)23-28-11-6-7-15-32(28)38/h6-15,18,21-22H,16-17,19-20,23H2,1-5H3. The summed E-state index contributed by atoms with van der Waals surface area (Å²) in [5, 5.41) is 0. The number of hydrogen-bond donors (Lipinski definition) is 0. The molecule has 6 aromatic rings. The normalized spacial score (nSPS) is 11.5. The van der Waals surface area contributed by atoms with Crippen LogP contribution in [0.2, 0.25) is 0 Å². The van der Waals surface area contributed by atoms with Crippen molar-refractivity contribution >= 4 is 5.78 Å². The fourth-order valence-corrected chi connectivity index (χ4v) is 6.06. The number of nitrogens with zero attached hydrogens (tertiary/aromatic N) is 5. The number of likely N-dealkylation sites (N-methyl/N-ethyl adjacent to an activating group) is 1. The molecule has 0 N–H and O–H groups in total. The van der Waals surface area contributed by atoms with E-state index in [0.29, 0.717) is 47.0 Å². The van der Waals surface area contributed by atoms with Crippen LogP contribution in [-0.4, -0.2) is 51.1 Å². The highest BCUT2D eigenvalue weighted by Gasteiger charge is 2.26. The molecule has 0 spiro atoms. The van der Waals surface area contributed by atoms with Crippen molar-refractivity contribution in [2.75, 3.05) is 27.2 Å². The van der Waals surface area contributed by atoms with Gasteiger partial charge in [0.15, 0.2) is 0 Å². The molecule has 2 aromatic carbocycles. The molecule has 0 saturated carbocycles. The third kappa shape index (κ3) is 6.10. The summed E-state index contributed by atoms with van der Waals surface area (Å²) in [4.78, 5) is 26.5. The smallest absolute Gasteiger partial charge is 0.267 e. The molecule has 4 heterocycles. The third-order valence-corrected chi connectivity index (χ3v) is 8.53. The van der Waals surface area contributed by atoms with E-state index in [1.54, 1.807) is 23.6 Å². The van der Waals surface area contributed by atoms with Crippen LogP contribution in [0.25, 0.3) is 28.2 Å². The molecule has 8 nitrogen and oxygen atoms in total. The van der Waals surface area contributed by atoms with Crippen LogP contribution in [0, 0.1) is 26.6 Å².